The van der Waals surface area contributed by atoms with Gasteiger partial charge in [-0.1, -0.05) is 6.92 Å². The lowest BCUT2D eigenvalue weighted by Crippen LogP contribution is -2.40. The SMILES string of the molecule is C[C@@H]1CCCN(c2ccc(C(=O)N3CCOCC3)cn2)C1. The lowest BCUT2D eigenvalue weighted by Gasteiger charge is -2.32. The van der Waals surface area contributed by atoms with Crippen LogP contribution >= 0.6 is 0 Å². The van der Waals surface area contributed by atoms with Crippen molar-refractivity contribution in [3.05, 3.63) is 23.9 Å². The summed E-state index contributed by atoms with van der Waals surface area (Å²) in [7, 11) is 0. The third-order valence-corrected chi connectivity index (χ3v) is 4.27. The molecule has 2 fully saturated rings. The van der Waals surface area contributed by atoms with E-state index < -0.39 is 0 Å². The number of carbonyl (C=O) groups is 1. The summed E-state index contributed by atoms with van der Waals surface area (Å²) in [4.78, 5) is 21.0. The molecule has 0 saturated carbocycles. The minimum absolute atomic E-state index is 0.0596. The first-order valence-electron chi connectivity index (χ1n) is 7.82. The molecule has 114 valence electrons. The van der Waals surface area contributed by atoms with Gasteiger partial charge in [-0.3, -0.25) is 4.79 Å². The molecule has 2 aliphatic rings. The zero-order chi connectivity index (χ0) is 14.7. The van der Waals surface area contributed by atoms with Gasteiger partial charge in [0.05, 0.1) is 18.8 Å². The van der Waals surface area contributed by atoms with Gasteiger partial charge in [0, 0.05) is 32.4 Å². The number of hydrogen-bond acceptors (Lipinski definition) is 4. The molecule has 0 N–H and O–H groups in total. The summed E-state index contributed by atoms with van der Waals surface area (Å²) in [5, 5.41) is 0. The van der Waals surface area contributed by atoms with Crippen LogP contribution in [0.1, 0.15) is 30.1 Å². The number of aromatic nitrogens is 1. The first kappa shape index (κ1) is 14.3. The monoisotopic (exact) mass is 289 g/mol. The number of morpholine rings is 1. The minimum Gasteiger partial charge on any atom is -0.378 e. The molecule has 0 radical (unpaired) electrons. The molecule has 2 aliphatic heterocycles. The number of carbonyl (C=O) groups excluding carboxylic acids is 1. The number of nitrogens with zero attached hydrogens (tertiary/aromatic N) is 3. The number of ether oxygens (including phenoxy) is 1. The average Bonchev–Trinajstić information content (AvgIpc) is 2.55. The third-order valence-electron chi connectivity index (χ3n) is 4.27. The van der Waals surface area contributed by atoms with E-state index in [0.717, 1.165) is 24.8 Å². The Labute approximate surface area is 125 Å². The van der Waals surface area contributed by atoms with Crippen LogP contribution < -0.4 is 4.90 Å². The van der Waals surface area contributed by atoms with Crippen molar-refractivity contribution >= 4 is 11.7 Å². The second-order valence-corrected chi connectivity index (χ2v) is 6.00. The van der Waals surface area contributed by atoms with Crippen molar-refractivity contribution in [1.29, 1.82) is 0 Å². The summed E-state index contributed by atoms with van der Waals surface area (Å²) < 4.78 is 5.28. The molecular formula is C16H23N3O2. The van der Waals surface area contributed by atoms with Crippen LogP contribution in [0.25, 0.3) is 0 Å². The second-order valence-electron chi connectivity index (χ2n) is 6.00. The van der Waals surface area contributed by atoms with Crippen molar-refractivity contribution in [2.75, 3.05) is 44.3 Å². The number of hydrogen-bond donors (Lipinski definition) is 0. The molecule has 0 unspecified atom stereocenters. The highest BCUT2D eigenvalue weighted by molar-refractivity contribution is 5.94. The van der Waals surface area contributed by atoms with Gasteiger partial charge < -0.3 is 14.5 Å². The first-order chi connectivity index (χ1) is 10.2. The zero-order valence-corrected chi connectivity index (χ0v) is 12.6. The van der Waals surface area contributed by atoms with E-state index in [4.69, 9.17) is 4.74 Å². The van der Waals surface area contributed by atoms with E-state index in [0.29, 0.717) is 31.9 Å². The Bertz CT molecular complexity index is 483. The van der Waals surface area contributed by atoms with Crippen molar-refractivity contribution < 1.29 is 9.53 Å². The maximum absolute atomic E-state index is 12.4. The van der Waals surface area contributed by atoms with Gasteiger partial charge >= 0.3 is 0 Å². The number of amides is 1. The van der Waals surface area contributed by atoms with E-state index in [-0.39, 0.29) is 5.91 Å². The van der Waals surface area contributed by atoms with Crippen molar-refractivity contribution in [2.24, 2.45) is 5.92 Å². The molecule has 0 bridgehead atoms. The van der Waals surface area contributed by atoms with Crippen molar-refractivity contribution in [1.82, 2.24) is 9.88 Å². The van der Waals surface area contributed by atoms with E-state index in [1.807, 2.05) is 17.0 Å². The van der Waals surface area contributed by atoms with Crippen LogP contribution in [0.2, 0.25) is 0 Å². The highest BCUT2D eigenvalue weighted by Gasteiger charge is 2.20. The topological polar surface area (TPSA) is 45.7 Å². The molecule has 2 saturated heterocycles. The molecule has 1 atom stereocenters. The summed E-state index contributed by atoms with van der Waals surface area (Å²) in [6.45, 7) is 7.00. The molecule has 1 amide bonds. The van der Waals surface area contributed by atoms with Crippen LogP contribution in [-0.2, 0) is 4.74 Å². The lowest BCUT2D eigenvalue weighted by molar-refractivity contribution is 0.0302. The van der Waals surface area contributed by atoms with E-state index in [2.05, 4.69) is 16.8 Å². The third kappa shape index (κ3) is 3.35. The number of pyridine rings is 1. The Morgan fingerprint density at radius 2 is 2.10 bits per heavy atom. The zero-order valence-electron chi connectivity index (χ0n) is 12.6. The molecule has 5 heteroatoms. The van der Waals surface area contributed by atoms with Crippen LogP contribution in [-0.4, -0.2) is 55.2 Å². The van der Waals surface area contributed by atoms with Crippen LogP contribution in [0.15, 0.2) is 18.3 Å². The summed E-state index contributed by atoms with van der Waals surface area (Å²) in [6.07, 6.45) is 4.23. The molecule has 21 heavy (non-hydrogen) atoms. The van der Waals surface area contributed by atoms with E-state index in [1.54, 1.807) is 6.20 Å². The average molecular weight is 289 g/mol. The Kier molecular flexibility index (Phi) is 4.39. The summed E-state index contributed by atoms with van der Waals surface area (Å²) in [5.41, 5.74) is 0.672. The van der Waals surface area contributed by atoms with Gasteiger partial charge in [0.15, 0.2) is 0 Å². The Morgan fingerprint density at radius 3 is 2.76 bits per heavy atom. The second kappa shape index (κ2) is 6.43. The molecule has 3 heterocycles. The molecule has 1 aromatic heterocycles. The largest absolute Gasteiger partial charge is 0.378 e. The van der Waals surface area contributed by atoms with Crippen molar-refractivity contribution in [2.45, 2.75) is 19.8 Å². The number of anilines is 1. The molecule has 0 aliphatic carbocycles. The van der Waals surface area contributed by atoms with Gasteiger partial charge in [0.1, 0.15) is 5.82 Å². The molecular weight excluding hydrogens is 266 g/mol. The number of rotatable bonds is 2. The maximum atomic E-state index is 12.4. The van der Waals surface area contributed by atoms with Crippen LogP contribution in [0.5, 0.6) is 0 Å². The quantitative estimate of drug-likeness (QED) is 0.833. The molecule has 3 rings (SSSR count). The summed E-state index contributed by atoms with van der Waals surface area (Å²) in [6, 6.07) is 3.88. The molecule has 0 aromatic carbocycles. The van der Waals surface area contributed by atoms with Crippen LogP contribution in [0.4, 0.5) is 5.82 Å². The van der Waals surface area contributed by atoms with Crippen LogP contribution in [0, 0.1) is 5.92 Å². The smallest absolute Gasteiger partial charge is 0.255 e. The highest BCUT2D eigenvalue weighted by Crippen LogP contribution is 2.21. The van der Waals surface area contributed by atoms with Gasteiger partial charge in [0.2, 0.25) is 0 Å². The van der Waals surface area contributed by atoms with E-state index in [9.17, 15) is 4.79 Å². The minimum atomic E-state index is 0.0596. The van der Waals surface area contributed by atoms with Gasteiger partial charge in [0.25, 0.3) is 5.91 Å². The standard InChI is InChI=1S/C16H23N3O2/c1-13-3-2-6-19(12-13)15-5-4-14(11-17-15)16(20)18-7-9-21-10-8-18/h4-5,11,13H,2-3,6-10,12H2,1H3/t13-/m1/s1. The Morgan fingerprint density at radius 1 is 1.29 bits per heavy atom. The van der Waals surface area contributed by atoms with Gasteiger partial charge in [-0.25, -0.2) is 4.98 Å². The van der Waals surface area contributed by atoms with Gasteiger partial charge in [-0.2, -0.15) is 0 Å². The van der Waals surface area contributed by atoms with Gasteiger partial charge in [-0.05, 0) is 30.9 Å². The predicted octanol–water partition coefficient (Wildman–Crippen LogP) is 1.79. The van der Waals surface area contributed by atoms with E-state index in [1.165, 1.54) is 12.8 Å². The molecule has 0 spiro atoms. The van der Waals surface area contributed by atoms with E-state index >= 15 is 0 Å². The first-order valence-corrected chi connectivity index (χ1v) is 7.82. The van der Waals surface area contributed by atoms with Crippen LogP contribution in [0.3, 0.4) is 0 Å². The Balaban J connectivity index is 1.67. The number of piperidine rings is 1. The normalized spacial score (nSPS) is 23.2. The fraction of sp³-hybridized carbons (Fsp3) is 0.625. The lowest BCUT2D eigenvalue weighted by atomic mass is 10.0. The predicted molar refractivity (Wildman–Crippen MR) is 81.6 cm³/mol. The fourth-order valence-corrected chi connectivity index (χ4v) is 3.05. The Hall–Kier alpha value is -1.62. The fourth-order valence-electron chi connectivity index (χ4n) is 3.05. The summed E-state index contributed by atoms with van der Waals surface area (Å²) >= 11 is 0. The van der Waals surface area contributed by atoms with Crippen molar-refractivity contribution in [3.8, 4) is 0 Å². The molecule has 1 aromatic rings. The van der Waals surface area contributed by atoms with Crippen molar-refractivity contribution in [3.63, 3.8) is 0 Å². The molecule has 5 nitrogen and oxygen atoms in total. The maximum Gasteiger partial charge on any atom is 0.255 e. The highest BCUT2D eigenvalue weighted by atomic mass is 16.5. The summed E-state index contributed by atoms with van der Waals surface area (Å²) in [5.74, 6) is 1.76. The van der Waals surface area contributed by atoms with Gasteiger partial charge in [-0.15, -0.1) is 0 Å².